The van der Waals surface area contributed by atoms with Crippen LogP contribution in [0.1, 0.15) is 17.2 Å². The van der Waals surface area contributed by atoms with Crippen molar-refractivity contribution in [3.05, 3.63) is 66.3 Å². The Balaban J connectivity index is 2.58. The van der Waals surface area contributed by atoms with Crippen LogP contribution in [0.4, 0.5) is 4.39 Å². The summed E-state index contributed by atoms with van der Waals surface area (Å²) in [6.07, 6.45) is 0. The second-order valence-electron chi connectivity index (χ2n) is 4.15. The summed E-state index contributed by atoms with van der Waals surface area (Å²) >= 11 is 18.9. The van der Waals surface area contributed by atoms with Crippen molar-refractivity contribution < 1.29 is 4.39 Å². The molecule has 0 saturated carbocycles. The molecule has 20 heavy (non-hydrogen) atoms. The smallest absolute Gasteiger partial charge is 0.129 e. The number of hydrogen-bond acceptors (Lipinski definition) is 1. The number of rotatable bonds is 3. The van der Waals surface area contributed by atoms with E-state index in [1.807, 2.05) is 18.2 Å². The lowest BCUT2D eigenvalue weighted by Gasteiger charge is -2.20. The zero-order valence-corrected chi connectivity index (χ0v) is 15.0. The third kappa shape index (κ3) is 3.20. The highest BCUT2D eigenvalue weighted by Gasteiger charge is 2.21. The van der Waals surface area contributed by atoms with E-state index in [-0.39, 0.29) is 11.9 Å². The quantitative estimate of drug-likeness (QED) is 0.579. The molecule has 0 radical (unpaired) electrons. The molecule has 0 aliphatic rings. The van der Waals surface area contributed by atoms with Crippen molar-refractivity contribution >= 4 is 55.1 Å². The largest absolute Gasteiger partial charge is 0.309 e. The van der Waals surface area contributed by atoms with Crippen molar-refractivity contribution in [1.29, 1.82) is 0 Å². The number of hydrogen-bond donors (Lipinski definition) is 1. The molecule has 0 amide bonds. The van der Waals surface area contributed by atoms with Crippen LogP contribution in [0.15, 0.2) is 39.3 Å². The van der Waals surface area contributed by atoms with Gasteiger partial charge in [0.25, 0.3) is 0 Å². The minimum atomic E-state index is -0.384. The minimum absolute atomic E-state index is 0.350. The zero-order valence-electron chi connectivity index (χ0n) is 10.4. The lowest BCUT2D eigenvalue weighted by molar-refractivity contribution is 0.575. The van der Waals surface area contributed by atoms with Crippen LogP contribution in [0.3, 0.4) is 0 Å². The van der Waals surface area contributed by atoms with E-state index in [1.165, 1.54) is 6.07 Å². The first-order chi connectivity index (χ1) is 9.45. The summed E-state index contributed by atoms with van der Waals surface area (Å²) in [5.41, 5.74) is 1.22. The molecule has 0 aliphatic heterocycles. The molecule has 2 aromatic carbocycles. The summed E-state index contributed by atoms with van der Waals surface area (Å²) in [4.78, 5) is 0. The summed E-state index contributed by atoms with van der Waals surface area (Å²) < 4.78 is 15.5. The Labute approximate surface area is 143 Å². The highest BCUT2D eigenvalue weighted by atomic mass is 79.9. The van der Waals surface area contributed by atoms with Gasteiger partial charge in [0.05, 0.1) is 16.1 Å². The van der Waals surface area contributed by atoms with Gasteiger partial charge in [-0.3, -0.25) is 0 Å². The number of benzene rings is 2. The van der Waals surface area contributed by atoms with E-state index in [9.17, 15) is 4.39 Å². The molecule has 1 N–H and O–H groups in total. The van der Waals surface area contributed by atoms with Gasteiger partial charge in [0, 0.05) is 14.5 Å². The summed E-state index contributed by atoms with van der Waals surface area (Å²) in [7, 11) is 1.75. The van der Waals surface area contributed by atoms with E-state index in [0.717, 1.165) is 10.0 Å². The van der Waals surface area contributed by atoms with E-state index in [0.29, 0.717) is 20.1 Å². The van der Waals surface area contributed by atoms with Crippen LogP contribution < -0.4 is 5.32 Å². The zero-order chi connectivity index (χ0) is 14.9. The predicted molar refractivity (Wildman–Crippen MR) is 89.2 cm³/mol. The lowest BCUT2D eigenvalue weighted by Crippen LogP contribution is -2.19. The van der Waals surface area contributed by atoms with E-state index in [4.69, 9.17) is 23.2 Å². The van der Waals surface area contributed by atoms with Gasteiger partial charge >= 0.3 is 0 Å². The molecule has 0 bridgehead atoms. The molecule has 106 valence electrons. The summed E-state index contributed by atoms with van der Waals surface area (Å²) in [6, 6.07) is 8.11. The Morgan fingerprint density at radius 1 is 1.10 bits per heavy atom. The Morgan fingerprint density at radius 3 is 2.45 bits per heavy atom. The van der Waals surface area contributed by atoms with Crippen LogP contribution in [-0.2, 0) is 0 Å². The fraction of sp³-hybridized carbons (Fsp3) is 0.143. The van der Waals surface area contributed by atoms with Crippen LogP contribution in [0, 0.1) is 5.82 Å². The normalized spacial score (nSPS) is 12.5. The first kappa shape index (κ1) is 16.2. The van der Waals surface area contributed by atoms with E-state index in [1.54, 1.807) is 13.1 Å². The van der Waals surface area contributed by atoms with Crippen LogP contribution in [0.5, 0.6) is 0 Å². The third-order valence-electron chi connectivity index (χ3n) is 2.93. The lowest BCUT2D eigenvalue weighted by atomic mass is 9.98. The highest BCUT2D eigenvalue weighted by Crippen LogP contribution is 2.36. The molecule has 0 fully saturated rings. The third-order valence-corrected chi connectivity index (χ3v) is 5.44. The molecule has 0 aliphatic carbocycles. The van der Waals surface area contributed by atoms with Gasteiger partial charge in [-0.2, -0.15) is 0 Å². The Morgan fingerprint density at radius 2 is 1.80 bits per heavy atom. The monoisotopic (exact) mass is 439 g/mol. The Kier molecular flexibility index (Phi) is 5.49. The maximum absolute atomic E-state index is 14.2. The molecule has 1 atom stereocenters. The van der Waals surface area contributed by atoms with Crippen molar-refractivity contribution in [3.63, 3.8) is 0 Å². The maximum Gasteiger partial charge on any atom is 0.129 e. The van der Waals surface area contributed by atoms with E-state index in [2.05, 4.69) is 37.2 Å². The van der Waals surface area contributed by atoms with Crippen molar-refractivity contribution in [2.75, 3.05) is 7.05 Å². The summed E-state index contributed by atoms with van der Waals surface area (Å²) in [5, 5.41) is 4.07. The second-order valence-corrected chi connectivity index (χ2v) is 6.65. The SMILES string of the molecule is CNC(c1cc(Cl)c(Br)cc1F)c1cccc(Br)c1Cl. The number of halogens is 5. The first-order valence-electron chi connectivity index (χ1n) is 5.71. The molecular weight excluding hydrogens is 432 g/mol. The van der Waals surface area contributed by atoms with Crippen molar-refractivity contribution in [3.8, 4) is 0 Å². The van der Waals surface area contributed by atoms with Crippen LogP contribution >= 0.6 is 55.1 Å². The minimum Gasteiger partial charge on any atom is -0.309 e. The van der Waals surface area contributed by atoms with Crippen LogP contribution in [0.2, 0.25) is 10.0 Å². The topological polar surface area (TPSA) is 12.0 Å². The van der Waals surface area contributed by atoms with Crippen LogP contribution in [-0.4, -0.2) is 7.05 Å². The van der Waals surface area contributed by atoms with Gasteiger partial charge in [0.2, 0.25) is 0 Å². The molecule has 2 aromatic rings. The average Bonchev–Trinajstić information content (AvgIpc) is 2.41. The van der Waals surface area contributed by atoms with Crippen LogP contribution in [0.25, 0.3) is 0 Å². The number of nitrogens with one attached hydrogen (secondary N) is 1. The summed E-state index contributed by atoms with van der Waals surface area (Å²) in [6.45, 7) is 0. The Bertz CT molecular complexity index is 649. The van der Waals surface area contributed by atoms with Crippen molar-refractivity contribution in [1.82, 2.24) is 5.32 Å². The van der Waals surface area contributed by atoms with Gasteiger partial charge in [0.15, 0.2) is 0 Å². The van der Waals surface area contributed by atoms with Crippen molar-refractivity contribution in [2.45, 2.75) is 6.04 Å². The van der Waals surface area contributed by atoms with Gasteiger partial charge in [-0.25, -0.2) is 4.39 Å². The maximum atomic E-state index is 14.2. The van der Waals surface area contributed by atoms with Gasteiger partial charge in [-0.1, -0.05) is 35.3 Å². The molecule has 0 heterocycles. The molecule has 6 heteroatoms. The van der Waals surface area contributed by atoms with Gasteiger partial charge in [-0.05, 0) is 62.7 Å². The Hall–Kier alpha value is -0.130. The molecule has 0 saturated heterocycles. The molecule has 1 unspecified atom stereocenters. The fourth-order valence-electron chi connectivity index (χ4n) is 1.98. The molecule has 0 spiro atoms. The average molecular weight is 442 g/mol. The highest BCUT2D eigenvalue weighted by molar-refractivity contribution is 9.10. The van der Waals surface area contributed by atoms with E-state index < -0.39 is 0 Å². The van der Waals surface area contributed by atoms with Gasteiger partial charge in [0.1, 0.15) is 5.82 Å². The molecule has 1 nitrogen and oxygen atoms in total. The molecule has 0 aromatic heterocycles. The fourth-order valence-corrected chi connectivity index (χ4v) is 3.09. The van der Waals surface area contributed by atoms with E-state index >= 15 is 0 Å². The van der Waals surface area contributed by atoms with Crippen molar-refractivity contribution in [2.24, 2.45) is 0 Å². The van der Waals surface area contributed by atoms with Gasteiger partial charge in [-0.15, -0.1) is 0 Å². The molecule has 2 rings (SSSR count). The summed E-state index contributed by atoms with van der Waals surface area (Å²) in [5.74, 6) is -0.350. The first-order valence-corrected chi connectivity index (χ1v) is 8.05. The van der Waals surface area contributed by atoms with Gasteiger partial charge < -0.3 is 5.32 Å². The molecular formula is C14H10Br2Cl2FN. The second kappa shape index (κ2) is 6.75. The standard InChI is InChI=1S/C14H10Br2Cl2FN/c1-20-14(7-3-2-4-9(15)13(7)18)8-5-11(17)10(16)6-12(8)19/h2-6,14,20H,1H3. The predicted octanol–water partition coefficient (Wildman–Crippen LogP) is 5.97.